The normalized spacial score (nSPS) is 12.0. The summed E-state index contributed by atoms with van der Waals surface area (Å²) in [6.07, 6.45) is 2.23. The number of furan rings is 1. The van der Waals surface area contributed by atoms with E-state index < -0.39 is 0 Å². The van der Waals surface area contributed by atoms with Gasteiger partial charge in [0.25, 0.3) is 0 Å². The van der Waals surface area contributed by atoms with Gasteiger partial charge in [-0.25, -0.2) is 0 Å². The molecule has 0 unspecified atom stereocenters. The van der Waals surface area contributed by atoms with Crippen molar-refractivity contribution in [2.45, 2.75) is 19.8 Å². The molecule has 10 rings (SSSR count). The molecule has 0 N–H and O–H groups in total. The van der Waals surface area contributed by atoms with Crippen LogP contribution in [0.5, 0.6) is 0 Å². The molecule has 48 heavy (non-hydrogen) atoms. The van der Waals surface area contributed by atoms with Gasteiger partial charge in [-0.1, -0.05) is 92.2 Å². The largest absolute Gasteiger partial charge is 0.456 e. The quantitative estimate of drug-likeness (QED) is 0.189. The summed E-state index contributed by atoms with van der Waals surface area (Å²) in [5.74, 6) is 0. The Labute approximate surface area is 277 Å². The molecule has 0 radical (unpaired) electrons. The number of aryl methyl sites for hydroxylation is 1. The van der Waals surface area contributed by atoms with Crippen molar-refractivity contribution in [1.29, 1.82) is 0 Å². The third-order valence-corrected chi connectivity index (χ3v) is 10.0. The van der Waals surface area contributed by atoms with E-state index in [0.29, 0.717) is 0 Å². The zero-order valence-electron chi connectivity index (χ0n) is 26.7. The highest BCUT2D eigenvalue weighted by molar-refractivity contribution is 6.13. The summed E-state index contributed by atoms with van der Waals surface area (Å²) in [4.78, 5) is 0. The van der Waals surface area contributed by atoms with E-state index in [-0.39, 0.29) is 0 Å². The Hall–Kier alpha value is -6.06. The molecule has 0 aliphatic carbocycles. The van der Waals surface area contributed by atoms with E-state index in [1.54, 1.807) is 0 Å². The van der Waals surface area contributed by atoms with Crippen LogP contribution in [0.1, 0.15) is 18.9 Å². The summed E-state index contributed by atoms with van der Waals surface area (Å²) < 4.78 is 11.2. The van der Waals surface area contributed by atoms with Gasteiger partial charge in [-0.3, -0.25) is 0 Å². The van der Waals surface area contributed by atoms with Gasteiger partial charge >= 0.3 is 0 Å². The Morgan fingerprint density at radius 1 is 0.417 bits per heavy atom. The van der Waals surface area contributed by atoms with E-state index >= 15 is 0 Å². The Balaban J connectivity index is 1.18. The summed E-state index contributed by atoms with van der Waals surface area (Å²) in [7, 11) is 0. The lowest BCUT2D eigenvalue weighted by Gasteiger charge is -2.09. The highest BCUT2D eigenvalue weighted by Crippen LogP contribution is 2.39. The molecule has 3 nitrogen and oxygen atoms in total. The number of hydrogen-bond acceptors (Lipinski definition) is 1. The molecule has 0 saturated carbocycles. The van der Waals surface area contributed by atoms with Crippen LogP contribution in [0.3, 0.4) is 0 Å². The van der Waals surface area contributed by atoms with Gasteiger partial charge in [-0.15, -0.1) is 0 Å². The van der Waals surface area contributed by atoms with Gasteiger partial charge in [-0.2, -0.15) is 0 Å². The minimum atomic E-state index is 0.893. The first kappa shape index (κ1) is 27.1. The Kier molecular flexibility index (Phi) is 5.91. The first-order valence-corrected chi connectivity index (χ1v) is 16.8. The molecule has 0 bridgehead atoms. The minimum Gasteiger partial charge on any atom is -0.456 e. The molecule has 3 heteroatoms. The van der Waals surface area contributed by atoms with Crippen molar-refractivity contribution < 1.29 is 4.42 Å². The summed E-state index contributed by atoms with van der Waals surface area (Å²) >= 11 is 0. The fourth-order valence-corrected chi connectivity index (χ4v) is 7.84. The van der Waals surface area contributed by atoms with E-state index in [1.165, 1.54) is 60.3 Å². The Morgan fingerprint density at radius 2 is 0.958 bits per heavy atom. The van der Waals surface area contributed by atoms with Crippen LogP contribution in [0.4, 0.5) is 0 Å². The standard InChI is InChI=1S/C45H32N2O/c1-2-10-29-17-21-42-36(25-29)34-13-6-8-15-40(34)46(42)32-19-23-44-38(27-32)39-28-33(20-24-45(39)48-44)47-41-16-9-7-14-35(41)37-26-31(18-22-43(37)47)30-11-4-3-5-12-30/h3-9,11-28H,2,10H2,1H3. The number of benzene rings is 7. The van der Waals surface area contributed by atoms with Gasteiger partial charge in [-0.05, 0) is 95.9 Å². The van der Waals surface area contributed by atoms with Crippen molar-refractivity contribution in [1.82, 2.24) is 9.13 Å². The SMILES string of the molecule is CCCc1ccc2c(c1)c1ccccc1n2-c1ccc2oc3ccc(-n4c5ccccc5c5cc(-c6ccccc6)ccc54)cc3c2c1. The molecular formula is C45H32N2O. The molecule has 3 aromatic heterocycles. The lowest BCUT2D eigenvalue weighted by molar-refractivity contribution is 0.669. The maximum atomic E-state index is 6.44. The highest BCUT2D eigenvalue weighted by atomic mass is 16.3. The van der Waals surface area contributed by atoms with E-state index in [1.807, 2.05) is 0 Å². The second kappa shape index (κ2) is 10.5. The van der Waals surface area contributed by atoms with Gasteiger partial charge in [0.1, 0.15) is 11.2 Å². The molecule has 0 aliphatic heterocycles. The third kappa shape index (κ3) is 4.01. The number of para-hydroxylation sites is 2. The fourth-order valence-electron chi connectivity index (χ4n) is 7.84. The van der Waals surface area contributed by atoms with Crippen LogP contribution in [-0.4, -0.2) is 9.13 Å². The highest BCUT2D eigenvalue weighted by Gasteiger charge is 2.17. The van der Waals surface area contributed by atoms with Crippen LogP contribution in [0.25, 0.3) is 88.1 Å². The Morgan fingerprint density at radius 3 is 1.58 bits per heavy atom. The molecule has 0 amide bonds. The lowest BCUT2D eigenvalue weighted by Crippen LogP contribution is -1.94. The molecule has 0 aliphatic rings. The van der Waals surface area contributed by atoms with E-state index in [0.717, 1.165) is 46.2 Å². The van der Waals surface area contributed by atoms with Crippen LogP contribution >= 0.6 is 0 Å². The van der Waals surface area contributed by atoms with Crippen molar-refractivity contribution >= 4 is 65.6 Å². The average molecular weight is 617 g/mol. The van der Waals surface area contributed by atoms with Crippen molar-refractivity contribution in [2.75, 3.05) is 0 Å². The number of aromatic nitrogens is 2. The summed E-state index contributed by atoms with van der Waals surface area (Å²) in [5, 5.41) is 7.31. The van der Waals surface area contributed by atoms with E-state index in [9.17, 15) is 0 Å². The minimum absolute atomic E-state index is 0.893. The van der Waals surface area contributed by atoms with Gasteiger partial charge in [0.15, 0.2) is 0 Å². The molecular weight excluding hydrogens is 585 g/mol. The first-order valence-electron chi connectivity index (χ1n) is 16.8. The van der Waals surface area contributed by atoms with Crippen molar-refractivity contribution in [2.24, 2.45) is 0 Å². The topological polar surface area (TPSA) is 23.0 Å². The predicted octanol–water partition coefficient (Wildman–Crippen LogP) is 12.4. The second-order valence-electron chi connectivity index (χ2n) is 12.9. The van der Waals surface area contributed by atoms with Gasteiger partial charge in [0.05, 0.1) is 22.1 Å². The van der Waals surface area contributed by atoms with Gasteiger partial charge < -0.3 is 13.6 Å². The van der Waals surface area contributed by atoms with Crippen LogP contribution < -0.4 is 0 Å². The summed E-state index contributed by atoms with van der Waals surface area (Å²) in [6.45, 7) is 2.24. The molecule has 0 atom stereocenters. The van der Waals surface area contributed by atoms with Crippen molar-refractivity contribution in [3.63, 3.8) is 0 Å². The molecule has 3 heterocycles. The van der Waals surface area contributed by atoms with Crippen molar-refractivity contribution in [3.8, 4) is 22.5 Å². The zero-order valence-corrected chi connectivity index (χ0v) is 26.7. The van der Waals surface area contributed by atoms with Gasteiger partial charge in [0, 0.05) is 43.7 Å². The van der Waals surface area contributed by atoms with Crippen LogP contribution in [0.2, 0.25) is 0 Å². The van der Waals surface area contributed by atoms with Crippen LogP contribution in [0, 0.1) is 0 Å². The second-order valence-corrected chi connectivity index (χ2v) is 12.9. The van der Waals surface area contributed by atoms with E-state index in [2.05, 4.69) is 168 Å². The monoisotopic (exact) mass is 616 g/mol. The molecule has 7 aromatic carbocycles. The first-order chi connectivity index (χ1) is 23.7. The predicted molar refractivity (Wildman–Crippen MR) is 202 cm³/mol. The smallest absolute Gasteiger partial charge is 0.135 e. The maximum Gasteiger partial charge on any atom is 0.135 e. The lowest BCUT2D eigenvalue weighted by atomic mass is 10.0. The molecule has 0 spiro atoms. The molecule has 0 fully saturated rings. The summed E-state index contributed by atoms with van der Waals surface area (Å²) in [6, 6.07) is 55.1. The summed E-state index contributed by atoms with van der Waals surface area (Å²) in [5.41, 5.74) is 12.7. The van der Waals surface area contributed by atoms with Crippen LogP contribution in [0.15, 0.2) is 156 Å². The zero-order chi connectivity index (χ0) is 31.8. The van der Waals surface area contributed by atoms with Crippen molar-refractivity contribution in [3.05, 3.63) is 157 Å². The molecule has 0 saturated heterocycles. The average Bonchev–Trinajstić information content (AvgIpc) is 3.79. The number of fused-ring (bicyclic) bond motifs is 9. The maximum absolute atomic E-state index is 6.44. The van der Waals surface area contributed by atoms with Gasteiger partial charge in [0.2, 0.25) is 0 Å². The number of hydrogen-bond donors (Lipinski definition) is 0. The van der Waals surface area contributed by atoms with Crippen LogP contribution in [-0.2, 0) is 6.42 Å². The molecule has 10 aromatic rings. The molecule has 228 valence electrons. The number of nitrogens with zero attached hydrogens (tertiary/aromatic N) is 2. The number of rotatable bonds is 5. The van der Waals surface area contributed by atoms with E-state index in [4.69, 9.17) is 4.42 Å². The fraction of sp³-hybridized carbons (Fsp3) is 0.0667. The Bertz CT molecular complexity index is 2850. The third-order valence-electron chi connectivity index (χ3n) is 10.0.